The Bertz CT molecular complexity index is 528. The van der Waals surface area contributed by atoms with Gasteiger partial charge in [-0.1, -0.05) is 12.5 Å². The van der Waals surface area contributed by atoms with E-state index in [1.54, 1.807) is 0 Å². The molecule has 0 amide bonds. The summed E-state index contributed by atoms with van der Waals surface area (Å²) in [6.45, 7) is 0.245. The largest absolute Gasteiger partial charge is 0.387 e. The second kappa shape index (κ2) is 4.13. The molecule has 1 saturated carbocycles. The molecule has 2 aromatic rings. The van der Waals surface area contributed by atoms with Gasteiger partial charge in [0.2, 0.25) is 0 Å². The number of benzene rings is 1. The maximum Gasteiger partial charge on any atom is 0.110 e. The van der Waals surface area contributed by atoms with Crippen LogP contribution >= 0.6 is 0 Å². The highest BCUT2D eigenvalue weighted by Gasteiger charge is 2.22. The highest BCUT2D eigenvalue weighted by Crippen LogP contribution is 2.35. The SMILES string of the molecule is NCC(O)c1ccc2nc(C3CCC3)[nH]c2c1. The summed E-state index contributed by atoms with van der Waals surface area (Å²) in [7, 11) is 0. The summed E-state index contributed by atoms with van der Waals surface area (Å²) in [5.74, 6) is 1.69. The molecule has 0 radical (unpaired) electrons. The number of aliphatic hydroxyl groups is 1. The lowest BCUT2D eigenvalue weighted by atomic mass is 9.85. The molecule has 0 spiro atoms. The number of rotatable bonds is 3. The lowest BCUT2D eigenvalue weighted by molar-refractivity contribution is 0.187. The molecule has 4 nitrogen and oxygen atoms in total. The van der Waals surface area contributed by atoms with E-state index >= 15 is 0 Å². The third kappa shape index (κ3) is 1.83. The molecule has 1 unspecified atom stereocenters. The number of fused-ring (bicyclic) bond motifs is 1. The Morgan fingerprint density at radius 3 is 2.94 bits per heavy atom. The van der Waals surface area contributed by atoms with E-state index in [0.717, 1.165) is 22.4 Å². The molecule has 1 aliphatic carbocycles. The van der Waals surface area contributed by atoms with Crippen LogP contribution in [0.2, 0.25) is 0 Å². The molecule has 3 rings (SSSR count). The number of aromatic amines is 1. The van der Waals surface area contributed by atoms with Crippen molar-refractivity contribution in [3.8, 4) is 0 Å². The minimum atomic E-state index is -0.588. The van der Waals surface area contributed by atoms with E-state index in [1.807, 2.05) is 18.2 Å². The zero-order valence-electron chi connectivity index (χ0n) is 9.69. The molecule has 4 N–H and O–H groups in total. The zero-order valence-corrected chi connectivity index (χ0v) is 9.69. The lowest BCUT2D eigenvalue weighted by Gasteiger charge is -2.22. The van der Waals surface area contributed by atoms with Gasteiger partial charge in [0.25, 0.3) is 0 Å². The van der Waals surface area contributed by atoms with Gasteiger partial charge in [0, 0.05) is 12.5 Å². The molecule has 1 aromatic heterocycles. The monoisotopic (exact) mass is 231 g/mol. The third-order valence-electron chi connectivity index (χ3n) is 3.62. The van der Waals surface area contributed by atoms with Crippen LogP contribution in [-0.2, 0) is 0 Å². The fourth-order valence-corrected chi connectivity index (χ4v) is 2.27. The summed E-state index contributed by atoms with van der Waals surface area (Å²) in [6.07, 6.45) is 3.18. The van der Waals surface area contributed by atoms with E-state index in [1.165, 1.54) is 19.3 Å². The van der Waals surface area contributed by atoms with Crippen LogP contribution in [0, 0.1) is 0 Å². The standard InChI is InChI=1S/C13H17N3O/c14-7-12(17)9-4-5-10-11(6-9)16-13(15-10)8-2-1-3-8/h4-6,8,12,17H,1-3,7,14H2,(H,15,16). The van der Waals surface area contributed by atoms with Crippen LogP contribution in [-0.4, -0.2) is 21.6 Å². The van der Waals surface area contributed by atoms with Gasteiger partial charge in [-0.2, -0.15) is 0 Å². The van der Waals surface area contributed by atoms with Gasteiger partial charge in [0.15, 0.2) is 0 Å². The van der Waals surface area contributed by atoms with Crippen LogP contribution in [0.25, 0.3) is 11.0 Å². The molecule has 0 bridgehead atoms. The normalized spacial score (nSPS) is 18.2. The first kappa shape index (κ1) is 10.7. The predicted molar refractivity (Wildman–Crippen MR) is 66.7 cm³/mol. The van der Waals surface area contributed by atoms with Crippen molar-refractivity contribution >= 4 is 11.0 Å². The van der Waals surface area contributed by atoms with Crippen molar-refractivity contribution in [1.82, 2.24) is 9.97 Å². The molecule has 1 heterocycles. The van der Waals surface area contributed by atoms with Gasteiger partial charge in [0.1, 0.15) is 5.82 Å². The quantitative estimate of drug-likeness (QED) is 0.754. The zero-order chi connectivity index (χ0) is 11.8. The Morgan fingerprint density at radius 1 is 1.47 bits per heavy atom. The number of H-pyrrole nitrogens is 1. The summed E-state index contributed by atoms with van der Waals surface area (Å²) >= 11 is 0. The molecule has 1 fully saturated rings. The van der Waals surface area contributed by atoms with E-state index in [4.69, 9.17) is 5.73 Å². The molecular formula is C13H17N3O. The molecule has 4 heteroatoms. The number of nitrogens with one attached hydrogen (secondary N) is 1. The summed E-state index contributed by atoms with van der Waals surface area (Å²) in [5.41, 5.74) is 8.28. The Kier molecular flexibility index (Phi) is 2.61. The molecule has 1 aliphatic rings. The Morgan fingerprint density at radius 2 is 2.29 bits per heavy atom. The fourth-order valence-electron chi connectivity index (χ4n) is 2.27. The fraction of sp³-hybridized carbons (Fsp3) is 0.462. The first-order chi connectivity index (χ1) is 8.28. The van der Waals surface area contributed by atoms with Crippen molar-refractivity contribution < 1.29 is 5.11 Å². The maximum atomic E-state index is 9.70. The topological polar surface area (TPSA) is 74.9 Å². The summed E-state index contributed by atoms with van der Waals surface area (Å²) in [6, 6.07) is 5.79. The van der Waals surface area contributed by atoms with Crippen LogP contribution in [0.4, 0.5) is 0 Å². The number of imidazole rings is 1. The van der Waals surface area contributed by atoms with Gasteiger partial charge in [-0.3, -0.25) is 0 Å². The van der Waals surface area contributed by atoms with E-state index in [-0.39, 0.29) is 6.54 Å². The average molecular weight is 231 g/mol. The minimum absolute atomic E-state index is 0.245. The Labute approximate surface area is 99.9 Å². The van der Waals surface area contributed by atoms with Crippen molar-refractivity contribution in [2.45, 2.75) is 31.3 Å². The van der Waals surface area contributed by atoms with Crippen LogP contribution in [0.3, 0.4) is 0 Å². The van der Waals surface area contributed by atoms with Gasteiger partial charge in [-0.25, -0.2) is 4.98 Å². The van der Waals surface area contributed by atoms with E-state index in [2.05, 4.69) is 9.97 Å². The highest BCUT2D eigenvalue weighted by molar-refractivity contribution is 5.76. The first-order valence-electron chi connectivity index (χ1n) is 6.15. The van der Waals surface area contributed by atoms with Crippen LogP contribution in [0.5, 0.6) is 0 Å². The third-order valence-corrected chi connectivity index (χ3v) is 3.62. The van der Waals surface area contributed by atoms with Gasteiger partial charge in [0.05, 0.1) is 17.1 Å². The number of nitrogens with two attached hydrogens (primary N) is 1. The lowest BCUT2D eigenvalue weighted by Crippen LogP contribution is -2.11. The Hall–Kier alpha value is -1.39. The molecule has 0 saturated heterocycles. The van der Waals surface area contributed by atoms with Gasteiger partial charge >= 0.3 is 0 Å². The van der Waals surface area contributed by atoms with Crippen molar-refractivity contribution in [3.63, 3.8) is 0 Å². The van der Waals surface area contributed by atoms with E-state index in [9.17, 15) is 5.11 Å². The van der Waals surface area contributed by atoms with Crippen molar-refractivity contribution in [2.24, 2.45) is 5.73 Å². The Balaban J connectivity index is 1.98. The van der Waals surface area contributed by atoms with Gasteiger partial charge in [-0.15, -0.1) is 0 Å². The second-order valence-electron chi connectivity index (χ2n) is 4.78. The summed E-state index contributed by atoms with van der Waals surface area (Å²) in [4.78, 5) is 7.95. The molecule has 1 aromatic carbocycles. The molecule has 1 atom stereocenters. The van der Waals surface area contributed by atoms with Crippen molar-refractivity contribution in [1.29, 1.82) is 0 Å². The smallest absolute Gasteiger partial charge is 0.110 e. The molecule has 0 aliphatic heterocycles. The second-order valence-corrected chi connectivity index (χ2v) is 4.78. The van der Waals surface area contributed by atoms with Crippen LogP contribution in [0.15, 0.2) is 18.2 Å². The average Bonchev–Trinajstić information content (AvgIpc) is 2.67. The number of nitrogens with zero attached hydrogens (tertiary/aromatic N) is 1. The number of hydrogen-bond donors (Lipinski definition) is 3. The molecule has 17 heavy (non-hydrogen) atoms. The van der Waals surface area contributed by atoms with E-state index < -0.39 is 6.10 Å². The van der Waals surface area contributed by atoms with E-state index in [0.29, 0.717) is 5.92 Å². The van der Waals surface area contributed by atoms with Gasteiger partial charge in [-0.05, 0) is 30.5 Å². The number of aliphatic hydroxyl groups excluding tert-OH is 1. The summed E-state index contributed by atoms with van der Waals surface area (Å²) < 4.78 is 0. The minimum Gasteiger partial charge on any atom is -0.387 e. The van der Waals surface area contributed by atoms with Crippen LogP contribution in [0.1, 0.15) is 42.7 Å². The number of hydrogen-bond acceptors (Lipinski definition) is 3. The van der Waals surface area contributed by atoms with Crippen molar-refractivity contribution in [3.05, 3.63) is 29.6 Å². The van der Waals surface area contributed by atoms with Gasteiger partial charge < -0.3 is 15.8 Å². The van der Waals surface area contributed by atoms with Crippen LogP contribution < -0.4 is 5.73 Å². The highest BCUT2D eigenvalue weighted by atomic mass is 16.3. The number of aromatic nitrogens is 2. The summed E-state index contributed by atoms with van der Waals surface area (Å²) in [5, 5.41) is 9.70. The van der Waals surface area contributed by atoms with Crippen molar-refractivity contribution in [2.75, 3.05) is 6.54 Å². The first-order valence-corrected chi connectivity index (χ1v) is 6.15. The maximum absolute atomic E-state index is 9.70. The molecular weight excluding hydrogens is 214 g/mol. The predicted octanol–water partition coefficient (Wildman–Crippen LogP) is 1.82. The molecule has 90 valence electrons.